The van der Waals surface area contributed by atoms with Crippen molar-refractivity contribution in [2.45, 2.75) is 31.3 Å². The van der Waals surface area contributed by atoms with Gasteiger partial charge in [0.2, 0.25) is 0 Å². The Morgan fingerprint density at radius 1 is 1.38 bits per heavy atom. The van der Waals surface area contributed by atoms with Crippen molar-refractivity contribution in [2.75, 3.05) is 26.8 Å². The fourth-order valence-corrected chi connectivity index (χ4v) is 2.86. The second kappa shape index (κ2) is 7.87. The maximum absolute atomic E-state index is 11.4. The van der Waals surface area contributed by atoms with Crippen LogP contribution in [-0.4, -0.2) is 37.8 Å². The zero-order valence-corrected chi connectivity index (χ0v) is 13.8. The molecule has 1 saturated heterocycles. The van der Waals surface area contributed by atoms with Gasteiger partial charge in [0.1, 0.15) is 12.2 Å². The average molecular weight is 357 g/mol. The van der Waals surface area contributed by atoms with Crippen molar-refractivity contribution < 1.29 is 14.3 Å². The molecular formula is C15H21BrN2O3. The normalized spacial score (nSPS) is 18.6. The second-order valence-corrected chi connectivity index (χ2v) is 6.09. The van der Waals surface area contributed by atoms with Crippen LogP contribution in [-0.2, 0) is 19.9 Å². The molecule has 1 N–H and O–H groups in total. The zero-order valence-electron chi connectivity index (χ0n) is 12.2. The van der Waals surface area contributed by atoms with Gasteiger partial charge in [-0.25, -0.2) is 4.79 Å². The number of nitrogens with zero attached hydrogens (tertiary/aromatic N) is 1. The van der Waals surface area contributed by atoms with E-state index in [-0.39, 0.29) is 12.6 Å². The summed E-state index contributed by atoms with van der Waals surface area (Å²) in [6.07, 6.45) is 5.42. The molecule has 1 aliphatic heterocycles. The molecule has 116 valence electrons. The molecule has 21 heavy (non-hydrogen) atoms. The summed E-state index contributed by atoms with van der Waals surface area (Å²) in [5.41, 5.74) is 0.383. The van der Waals surface area contributed by atoms with Gasteiger partial charge < -0.3 is 14.8 Å². The van der Waals surface area contributed by atoms with Crippen LogP contribution >= 0.6 is 15.9 Å². The fraction of sp³-hybridized carbons (Fsp3) is 0.600. The number of halogens is 1. The van der Waals surface area contributed by atoms with Crippen molar-refractivity contribution in [1.29, 1.82) is 0 Å². The lowest BCUT2D eigenvalue weighted by atomic mass is 9.87. The Balaban J connectivity index is 2.22. The standard InChI is InChI=1S/C15H21BrN2O3/c1-20-14(19)11-21-15(6-2-8-17-9-3-7-15)13-5-4-12(16)10-18-13/h4-5,10,17H,2-3,6-9,11H2,1H3. The molecule has 5 nitrogen and oxygen atoms in total. The summed E-state index contributed by atoms with van der Waals surface area (Å²) in [6.45, 7) is 1.88. The Labute approximate surface area is 133 Å². The molecule has 1 fully saturated rings. The highest BCUT2D eigenvalue weighted by molar-refractivity contribution is 9.10. The van der Waals surface area contributed by atoms with Crippen LogP contribution in [0.4, 0.5) is 0 Å². The summed E-state index contributed by atoms with van der Waals surface area (Å²) < 4.78 is 11.6. The van der Waals surface area contributed by atoms with Gasteiger partial charge in [-0.3, -0.25) is 4.98 Å². The number of hydrogen-bond donors (Lipinski definition) is 1. The molecule has 0 aromatic carbocycles. The lowest BCUT2D eigenvalue weighted by molar-refractivity contribution is -0.156. The van der Waals surface area contributed by atoms with Crippen LogP contribution in [0.3, 0.4) is 0 Å². The van der Waals surface area contributed by atoms with E-state index in [1.165, 1.54) is 7.11 Å². The van der Waals surface area contributed by atoms with Crippen molar-refractivity contribution >= 4 is 21.9 Å². The number of pyridine rings is 1. The second-order valence-electron chi connectivity index (χ2n) is 5.18. The first-order chi connectivity index (χ1) is 10.2. The number of ether oxygens (including phenoxy) is 2. The summed E-state index contributed by atoms with van der Waals surface area (Å²) in [5.74, 6) is -0.355. The number of nitrogens with one attached hydrogen (secondary N) is 1. The topological polar surface area (TPSA) is 60.5 Å². The van der Waals surface area contributed by atoms with Crippen LogP contribution < -0.4 is 5.32 Å². The van der Waals surface area contributed by atoms with Crippen molar-refractivity contribution in [2.24, 2.45) is 0 Å². The molecule has 6 heteroatoms. The van der Waals surface area contributed by atoms with E-state index in [0.717, 1.165) is 48.9 Å². The third kappa shape index (κ3) is 4.49. The average Bonchev–Trinajstić information content (AvgIpc) is 2.47. The summed E-state index contributed by atoms with van der Waals surface area (Å²) >= 11 is 3.40. The number of hydrogen-bond acceptors (Lipinski definition) is 5. The van der Waals surface area contributed by atoms with Gasteiger partial charge in [0.05, 0.1) is 12.8 Å². The highest BCUT2D eigenvalue weighted by atomic mass is 79.9. The summed E-state index contributed by atoms with van der Waals surface area (Å²) in [4.78, 5) is 16.0. The smallest absolute Gasteiger partial charge is 0.331 e. The van der Waals surface area contributed by atoms with E-state index in [1.54, 1.807) is 6.20 Å². The molecular weight excluding hydrogens is 336 g/mol. The quantitative estimate of drug-likeness (QED) is 0.839. The first-order valence-electron chi connectivity index (χ1n) is 7.20. The van der Waals surface area contributed by atoms with E-state index in [2.05, 4.69) is 26.2 Å². The van der Waals surface area contributed by atoms with E-state index in [9.17, 15) is 4.79 Å². The molecule has 1 aliphatic rings. The van der Waals surface area contributed by atoms with Gasteiger partial charge >= 0.3 is 5.97 Å². The fourth-order valence-electron chi connectivity index (χ4n) is 2.62. The minimum Gasteiger partial charge on any atom is -0.467 e. The minimum atomic E-state index is -0.503. The first-order valence-corrected chi connectivity index (χ1v) is 7.99. The van der Waals surface area contributed by atoms with Crippen molar-refractivity contribution in [1.82, 2.24) is 10.3 Å². The van der Waals surface area contributed by atoms with Gasteiger partial charge in [-0.05, 0) is 66.8 Å². The van der Waals surface area contributed by atoms with E-state index >= 15 is 0 Å². The Bertz CT molecular complexity index is 456. The van der Waals surface area contributed by atoms with Crippen molar-refractivity contribution in [3.8, 4) is 0 Å². The van der Waals surface area contributed by atoms with Gasteiger partial charge in [0, 0.05) is 10.7 Å². The van der Waals surface area contributed by atoms with Crippen LogP contribution in [0, 0.1) is 0 Å². The summed E-state index contributed by atoms with van der Waals surface area (Å²) in [5, 5.41) is 3.39. The molecule has 0 aliphatic carbocycles. The molecule has 0 bridgehead atoms. The number of esters is 1. The van der Waals surface area contributed by atoms with Gasteiger partial charge in [-0.2, -0.15) is 0 Å². The van der Waals surface area contributed by atoms with Gasteiger partial charge in [0.25, 0.3) is 0 Å². The largest absolute Gasteiger partial charge is 0.467 e. The number of carbonyl (C=O) groups excluding carboxylic acids is 1. The maximum Gasteiger partial charge on any atom is 0.331 e. The van der Waals surface area contributed by atoms with Crippen LogP contribution in [0.2, 0.25) is 0 Å². The summed E-state index contributed by atoms with van der Waals surface area (Å²) in [6, 6.07) is 3.93. The lowest BCUT2D eigenvalue weighted by Gasteiger charge is -2.35. The van der Waals surface area contributed by atoms with E-state index in [0.29, 0.717) is 0 Å². The van der Waals surface area contributed by atoms with Gasteiger partial charge in [-0.1, -0.05) is 0 Å². The van der Waals surface area contributed by atoms with E-state index in [4.69, 9.17) is 9.47 Å². The number of methoxy groups -OCH3 is 1. The van der Waals surface area contributed by atoms with Crippen molar-refractivity contribution in [3.63, 3.8) is 0 Å². The van der Waals surface area contributed by atoms with E-state index in [1.807, 2.05) is 12.1 Å². The molecule has 0 amide bonds. The number of carbonyl (C=O) groups is 1. The van der Waals surface area contributed by atoms with Crippen molar-refractivity contribution in [3.05, 3.63) is 28.5 Å². The molecule has 1 aromatic heterocycles. The molecule has 2 rings (SSSR count). The maximum atomic E-state index is 11.4. The van der Waals surface area contributed by atoms with Crippen LogP contribution in [0.5, 0.6) is 0 Å². The Morgan fingerprint density at radius 3 is 2.67 bits per heavy atom. The molecule has 0 radical (unpaired) electrons. The Kier molecular flexibility index (Phi) is 6.14. The molecule has 0 unspecified atom stereocenters. The summed E-state index contributed by atoms with van der Waals surface area (Å²) in [7, 11) is 1.37. The molecule has 0 spiro atoms. The Hall–Kier alpha value is -0.980. The van der Waals surface area contributed by atoms with Crippen LogP contribution in [0.15, 0.2) is 22.8 Å². The van der Waals surface area contributed by atoms with E-state index < -0.39 is 5.60 Å². The number of aromatic nitrogens is 1. The van der Waals surface area contributed by atoms with Gasteiger partial charge in [0.15, 0.2) is 0 Å². The highest BCUT2D eigenvalue weighted by Crippen LogP contribution is 2.35. The minimum absolute atomic E-state index is 0.0400. The Morgan fingerprint density at radius 2 is 2.10 bits per heavy atom. The van der Waals surface area contributed by atoms with Gasteiger partial charge in [-0.15, -0.1) is 0 Å². The molecule has 2 heterocycles. The third-order valence-corrected chi connectivity index (χ3v) is 4.23. The lowest BCUT2D eigenvalue weighted by Crippen LogP contribution is -2.37. The first kappa shape index (κ1) is 16.4. The SMILES string of the molecule is COC(=O)COC1(c2ccc(Br)cn2)CCCNCCC1. The molecule has 0 atom stereocenters. The number of rotatable bonds is 4. The third-order valence-electron chi connectivity index (χ3n) is 3.76. The van der Waals surface area contributed by atoms with Crippen LogP contribution in [0.25, 0.3) is 0 Å². The predicted molar refractivity (Wildman–Crippen MR) is 82.9 cm³/mol. The zero-order chi connectivity index (χ0) is 15.1. The van der Waals surface area contributed by atoms with Crippen LogP contribution in [0.1, 0.15) is 31.4 Å². The monoisotopic (exact) mass is 356 g/mol. The predicted octanol–water partition coefficient (Wildman–Crippen LogP) is 2.39. The highest BCUT2D eigenvalue weighted by Gasteiger charge is 2.35. The molecule has 1 aromatic rings. The molecule has 0 saturated carbocycles.